The number of nitrogens with zero attached hydrogens (tertiary/aromatic N) is 3. The average molecular weight is 503 g/mol. The smallest absolute Gasteiger partial charge is 0.245 e. The fourth-order valence-electron chi connectivity index (χ4n) is 4.19. The Labute approximate surface area is 206 Å². The van der Waals surface area contributed by atoms with Crippen molar-refractivity contribution >= 4 is 16.9 Å². The number of aryl methyl sites for hydroxylation is 3. The van der Waals surface area contributed by atoms with E-state index < -0.39 is 43.2 Å². The Balaban J connectivity index is 1.66. The summed E-state index contributed by atoms with van der Waals surface area (Å²) in [5.41, 5.74) is 7.59. The van der Waals surface area contributed by atoms with Crippen molar-refractivity contribution in [1.29, 1.82) is 0 Å². The summed E-state index contributed by atoms with van der Waals surface area (Å²) in [6.07, 6.45) is -3.84. The lowest BCUT2D eigenvalue weighted by Gasteiger charge is -2.39. The van der Waals surface area contributed by atoms with Crippen LogP contribution in [0.5, 0.6) is 11.6 Å². The molecule has 3 aromatic rings. The summed E-state index contributed by atoms with van der Waals surface area (Å²) in [6.45, 7) is -0.265. The molecule has 5 atom stereocenters. The summed E-state index contributed by atoms with van der Waals surface area (Å²) >= 11 is 0. The number of aromatic nitrogens is 3. The summed E-state index contributed by atoms with van der Waals surface area (Å²) in [5.74, 6) is -0.175. The molecule has 1 saturated heterocycles. The minimum absolute atomic E-state index is 0.0854. The van der Waals surface area contributed by atoms with Crippen molar-refractivity contribution in [3.8, 4) is 11.6 Å². The topological polar surface area (TPSA) is 193 Å². The molecule has 2 aromatic heterocycles. The van der Waals surface area contributed by atoms with Crippen LogP contribution in [-0.4, -0.2) is 83.5 Å². The maximum absolute atomic E-state index is 11.2. The summed E-state index contributed by atoms with van der Waals surface area (Å²) < 4.78 is 13.0. The van der Waals surface area contributed by atoms with Crippen LogP contribution in [0.15, 0.2) is 36.5 Å². The van der Waals surface area contributed by atoms with E-state index >= 15 is 0 Å². The fourth-order valence-corrected chi connectivity index (χ4v) is 4.19. The van der Waals surface area contributed by atoms with Crippen LogP contribution in [0.4, 0.5) is 0 Å². The minimum Gasteiger partial charge on any atom is -0.508 e. The quantitative estimate of drug-likeness (QED) is 0.208. The largest absolute Gasteiger partial charge is 0.508 e. The first kappa shape index (κ1) is 25.8. The third-order valence-electron chi connectivity index (χ3n) is 6.18. The predicted octanol–water partition coefficient (Wildman–Crippen LogP) is -0.634. The number of amides is 1. The number of phenols is 1. The van der Waals surface area contributed by atoms with Gasteiger partial charge in [-0.3, -0.25) is 4.79 Å². The molecule has 4 rings (SSSR count). The highest BCUT2D eigenvalue weighted by molar-refractivity contribution is 5.85. The lowest BCUT2D eigenvalue weighted by atomic mass is 9.99. The van der Waals surface area contributed by atoms with Crippen LogP contribution < -0.4 is 10.5 Å². The first-order chi connectivity index (χ1) is 17.3. The Morgan fingerprint density at radius 1 is 1.08 bits per heavy atom. The van der Waals surface area contributed by atoms with Crippen LogP contribution in [0.3, 0.4) is 0 Å². The van der Waals surface area contributed by atoms with Gasteiger partial charge in [0.25, 0.3) is 0 Å². The normalized spacial score (nSPS) is 24.2. The second-order valence-electron chi connectivity index (χ2n) is 8.75. The molecule has 194 valence electrons. The third kappa shape index (κ3) is 5.58. The van der Waals surface area contributed by atoms with Crippen LogP contribution >= 0.6 is 0 Å². The number of hydrogen-bond donors (Lipinski definition) is 6. The number of aromatic hydroxyl groups is 1. The van der Waals surface area contributed by atoms with Gasteiger partial charge in [0, 0.05) is 19.2 Å². The first-order valence-corrected chi connectivity index (χ1v) is 11.7. The van der Waals surface area contributed by atoms with Crippen molar-refractivity contribution in [2.24, 2.45) is 5.73 Å². The zero-order valence-electron chi connectivity index (χ0n) is 19.5. The van der Waals surface area contributed by atoms with Gasteiger partial charge in [0.05, 0.1) is 12.0 Å². The monoisotopic (exact) mass is 502 g/mol. The van der Waals surface area contributed by atoms with Gasteiger partial charge >= 0.3 is 0 Å². The van der Waals surface area contributed by atoms with E-state index in [0.29, 0.717) is 36.8 Å². The standard InChI is InChI=1S/C24H30N4O8/c25-17(31)2-1-11-28-22-18(14(9-10-26-22)6-3-13-4-7-15(30)8-5-13)23(27-28)36-24-21(34)20(33)19(32)16(12-29)35-24/h4-5,7-10,16,19-21,24,29-30,32-34H,1-3,6,11-12H2,(H2,25,31)/t16-,19-,20+,21-,24?/m1/s1. The van der Waals surface area contributed by atoms with E-state index in [1.807, 2.05) is 18.2 Å². The third-order valence-corrected chi connectivity index (χ3v) is 6.18. The molecular formula is C24H30N4O8. The SMILES string of the molecule is NC(=O)CCCn1nc(OC2O[C@H](CO)[C@@H](O)[C@H](O)[C@H]2O)c2c(CCc3ccc(O)cc3)ccnc21. The van der Waals surface area contributed by atoms with E-state index in [1.165, 1.54) is 0 Å². The number of primary amides is 1. The van der Waals surface area contributed by atoms with E-state index in [9.17, 15) is 30.3 Å². The molecule has 0 aliphatic carbocycles. The molecule has 0 spiro atoms. The number of pyridine rings is 1. The van der Waals surface area contributed by atoms with Crippen molar-refractivity contribution in [2.75, 3.05) is 6.61 Å². The van der Waals surface area contributed by atoms with E-state index in [0.717, 1.165) is 11.1 Å². The number of phenolic OH excluding ortho intramolecular Hbond substituents is 1. The van der Waals surface area contributed by atoms with E-state index in [1.54, 1.807) is 23.0 Å². The highest BCUT2D eigenvalue weighted by Crippen LogP contribution is 2.32. The molecule has 36 heavy (non-hydrogen) atoms. The van der Waals surface area contributed by atoms with Gasteiger partial charge in [-0.15, -0.1) is 5.10 Å². The Hall–Kier alpha value is -3.29. The van der Waals surface area contributed by atoms with Crippen molar-refractivity contribution in [3.63, 3.8) is 0 Å². The number of fused-ring (bicyclic) bond motifs is 1. The molecule has 1 aliphatic heterocycles. The fraction of sp³-hybridized carbons (Fsp3) is 0.458. The second kappa shape index (κ2) is 11.2. The van der Waals surface area contributed by atoms with Gasteiger partial charge in [-0.2, -0.15) is 0 Å². The molecule has 0 bridgehead atoms. The first-order valence-electron chi connectivity index (χ1n) is 11.7. The lowest BCUT2D eigenvalue weighted by molar-refractivity contribution is -0.278. The zero-order valence-corrected chi connectivity index (χ0v) is 19.5. The van der Waals surface area contributed by atoms with Crippen molar-refractivity contribution in [2.45, 2.75) is 62.9 Å². The molecule has 3 heterocycles. The average Bonchev–Trinajstić information content (AvgIpc) is 3.21. The number of hydrogen-bond acceptors (Lipinski definition) is 10. The maximum Gasteiger partial charge on any atom is 0.245 e. The number of carbonyl (C=O) groups excluding carboxylic acids is 1. The molecule has 1 amide bonds. The van der Waals surface area contributed by atoms with Gasteiger partial charge in [0.15, 0.2) is 5.65 Å². The number of nitrogens with two attached hydrogens (primary N) is 1. The van der Waals surface area contributed by atoms with Crippen LogP contribution in [-0.2, 0) is 28.9 Å². The van der Waals surface area contributed by atoms with Crippen molar-refractivity contribution < 1.29 is 39.8 Å². The van der Waals surface area contributed by atoms with Gasteiger partial charge < -0.3 is 40.7 Å². The van der Waals surface area contributed by atoms with E-state index in [4.69, 9.17) is 15.2 Å². The molecule has 1 unspecified atom stereocenters. The number of ether oxygens (including phenoxy) is 2. The van der Waals surface area contributed by atoms with Gasteiger partial charge in [0.1, 0.15) is 30.2 Å². The van der Waals surface area contributed by atoms with Crippen LogP contribution in [0, 0.1) is 0 Å². The van der Waals surface area contributed by atoms with Crippen LogP contribution in [0.1, 0.15) is 24.0 Å². The highest BCUT2D eigenvalue weighted by Gasteiger charge is 2.45. The Morgan fingerprint density at radius 3 is 2.53 bits per heavy atom. The number of aliphatic hydroxyl groups is 4. The van der Waals surface area contributed by atoms with Crippen LogP contribution in [0.25, 0.3) is 11.0 Å². The lowest BCUT2D eigenvalue weighted by Crippen LogP contribution is -2.60. The van der Waals surface area contributed by atoms with Gasteiger partial charge in [-0.05, 0) is 48.6 Å². The minimum atomic E-state index is -1.60. The Morgan fingerprint density at radius 2 is 1.83 bits per heavy atom. The molecule has 12 heteroatoms. The van der Waals surface area contributed by atoms with Crippen LogP contribution in [0.2, 0.25) is 0 Å². The molecule has 12 nitrogen and oxygen atoms in total. The summed E-state index contributed by atoms with van der Waals surface area (Å²) in [6, 6.07) is 8.70. The molecule has 0 saturated carbocycles. The molecule has 1 aliphatic rings. The molecule has 0 radical (unpaired) electrons. The number of rotatable bonds is 10. The summed E-state index contributed by atoms with van der Waals surface area (Å²) in [7, 11) is 0. The highest BCUT2D eigenvalue weighted by atomic mass is 16.7. The summed E-state index contributed by atoms with van der Waals surface area (Å²) in [5, 5.41) is 54.7. The second-order valence-corrected chi connectivity index (χ2v) is 8.75. The molecule has 1 fully saturated rings. The van der Waals surface area contributed by atoms with Gasteiger partial charge in [-0.25, -0.2) is 9.67 Å². The zero-order chi connectivity index (χ0) is 25.8. The van der Waals surface area contributed by atoms with Gasteiger partial charge in [-0.1, -0.05) is 12.1 Å². The molecule has 7 N–H and O–H groups in total. The number of benzene rings is 1. The Bertz CT molecular complexity index is 1180. The van der Waals surface area contributed by atoms with Gasteiger partial charge in [0.2, 0.25) is 18.1 Å². The van der Waals surface area contributed by atoms with E-state index in [2.05, 4.69) is 10.1 Å². The number of aliphatic hydroxyl groups excluding tert-OH is 4. The Kier molecular flexibility index (Phi) is 8.01. The molecule has 1 aromatic carbocycles. The van der Waals surface area contributed by atoms with Crippen molar-refractivity contribution in [1.82, 2.24) is 14.8 Å². The van der Waals surface area contributed by atoms with Crippen molar-refractivity contribution in [3.05, 3.63) is 47.7 Å². The van der Waals surface area contributed by atoms with E-state index in [-0.39, 0.29) is 18.1 Å². The number of carbonyl (C=O) groups is 1. The molecular weight excluding hydrogens is 472 g/mol. The predicted molar refractivity (Wildman–Crippen MR) is 126 cm³/mol. The summed E-state index contributed by atoms with van der Waals surface area (Å²) in [4.78, 5) is 15.6. The maximum atomic E-state index is 11.2.